The number of pyridine rings is 1. The molecule has 0 saturated heterocycles. The van der Waals surface area contributed by atoms with Crippen molar-refractivity contribution in [2.45, 2.75) is 13.5 Å². The van der Waals surface area contributed by atoms with Crippen LogP contribution in [-0.2, 0) is 6.54 Å². The molecule has 0 unspecified atom stereocenters. The zero-order valence-electron chi connectivity index (χ0n) is 14.3. The van der Waals surface area contributed by atoms with Gasteiger partial charge in [-0.15, -0.1) is 6.42 Å². The number of nitrogens with zero attached hydrogens (tertiary/aromatic N) is 2. The molecule has 2 heterocycles. The maximum atomic E-state index is 12.3. The smallest absolute Gasteiger partial charge is 0.258 e. The molecule has 130 valence electrons. The summed E-state index contributed by atoms with van der Waals surface area (Å²) < 4.78 is 1.51. The van der Waals surface area contributed by atoms with E-state index in [4.69, 9.17) is 6.42 Å². The van der Waals surface area contributed by atoms with Crippen LogP contribution >= 0.6 is 0 Å². The fourth-order valence-corrected chi connectivity index (χ4v) is 2.65. The highest BCUT2D eigenvalue weighted by atomic mass is 16.1. The van der Waals surface area contributed by atoms with E-state index < -0.39 is 0 Å². The molecule has 0 atom stereocenters. The molecule has 2 N–H and O–H groups in total. The number of aryl methyl sites for hydroxylation is 1. The van der Waals surface area contributed by atoms with Gasteiger partial charge >= 0.3 is 0 Å². The second-order valence-corrected chi connectivity index (χ2v) is 5.76. The van der Waals surface area contributed by atoms with E-state index in [9.17, 15) is 9.59 Å². The summed E-state index contributed by atoms with van der Waals surface area (Å²) in [6.07, 6.45) is 6.87. The number of aromatic nitrogens is 2. The first-order valence-electron chi connectivity index (χ1n) is 8.12. The van der Waals surface area contributed by atoms with E-state index >= 15 is 0 Å². The van der Waals surface area contributed by atoms with E-state index in [1.807, 2.05) is 25.1 Å². The molecule has 0 aliphatic carbocycles. The Labute approximate surface area is 150 Å². The van der Waals surface area contributed by atoms with E-state index in [0.29, 0.717) is 29.1 Å². The molecular weight excluding hydrogens is 328 g/mol. The predicted molar refractivity (Wildman–Crippen MR) is 101 cm³/mol. The second-order valence-electron chi connectivity index (χ2n) is 5.76. The molecule has 3 aromatic rings. The first kappa shape index (κ1) is 17.2. The highest BCUT2D eigenvalue weighted by Gasteiger charge is 2.11. The number of carbonyl (C=O) groups is 1. The van der Waals surface area contributed by atoms with Crippen LogP contribution in [0, 0.1) is 19.3 Å². The van der Waals surface area contributed by atoms with E-state index in [1.54, 1.807) is 24.4 Å². The largest absolute Gasteiger partial charge is 0.379 e. The highest BCUT2D eigenvalue weighted by Crippen LogP contribution is 2.16. The van der Waals surface area contributed by atoms with E-state index in [0.717, 1.165) is 5.56 Å². The molecule has 0 aliphatic rings. The van der Waals surface area contributed by atoms with Crippen LogP contribution in [0.4, 0.5) is 5.69 Å². The molecule has 2 aromatic heterocycles. The lowest BCUT2D eigenvalue weighted by Gasteiger charge is -2.12. The van der Waals surface area contributed by atoms with Gasteiger partial charge in [0.15, 0.2) is 0 Å². The van der Waals surface area contributed by atoms with Gasteiger partial charge in [-0.3, -0.25) is 14.0 Å². The Bertz CT molecular complexity index is 1060. The number of hydrogen-bond donors (Lipinski definition) is 2. The predicted octanol–water partition coefficient (Wildman–Crippen LogP) is 1.98. The third kappa shape index (κ3) is 3.57. The molecular formula is C20H18N4O2. The molecule has 26 heavy (non-hydrogen) atoms. The van der Waals surface area contributed by atoms with Gasteiger partial charge in [-0.2, -0.15) is 0 Å². The quantitative estimate of drug-likeness (QED) is 0.693. The number of para-hydroxylation sites is 1. The summed E-state index contributed by atoms with van der Waals surface area (Å²) in [6.45, 7) is 2.39. The first-order chi connectivity index (χ1) is 12.6. The lowest BCUT2D eigenvalue weighted by atomic mass is 10.1. The molecule has 3 rings (SSSR count). The van der Waals surface area contributed by atoms with Gasteiger partial charge in [-0.25, -0.2) is 4.98 Å². The van der Waals surface area contributed by atoms with Crippen molar-refractivity contribution in [1.29, 1.82) is 0 Å². The van der Waals surface area contributed by atoms with Gasteiger partial charge in [-0.1, -0.05) is 24.1 Å². The summed E-state index contributed by atoms with van der Waals surface area (Å²) in [5.41, 5.74) is 3.13. The number of rotatable bonds is 5. The van der Waals surface area contributed by atoms with Crippen molar-refractivity contribution >= 4 is 17.2 Å². The molecule has 0 bridgehead atoms. The molecule has 1 amide bonds. The monoisotopic (exact) mass is 346 g/mol. The van der Waals surface area contributed by atoms with E-state index in [1.165, 1.54) is 10.5 Å². The van der Waals surface area contributed by atoms with Gasteiger partial charge in [0.25, 0.3) is 11.5 Å². The van der Waals surface area contributed by atoms with Crippen LogP contribution in [0.3, 0.4) is 0 Å². The second kappa shape index (κ2) is 7.53. The van der Waals surface area contributed by atoms with Crippen molar-refractivity contribution in [3.8, 4) is 12.3 Å². The number of hydrogen-bond acceptors (Lipinski definition) is 4. The van der Waals surface area contributed by atoms with Crippen LogP contribution in [-0.4, -0.2) is 21.8 Å². The van der Waals surface area contributed by atoms with Crippen molar-refractivity contribution in [3.05, 3.63) is 75.8 Å². The Balaban J connectivity index is 1.85. The maximum Gasteiger partial charge on any atom is 0.258 e. The van der Waals surface area contributed by atoms with Crippen molar-refractivity contribution < 1.29 is 4.79 Å². The lowest BCUT2D eigenvalue weighted by Crippen LogP contribution is -2.24. The van der Waals surface area contributed by atoms with Gasteiger partial charge < -0.3 is 10.6 Å². The fourth-order valence-electron chi connectivity index (χ4n) is 2.65. The third-order valence-corrected chi connectivity index (χ3v) is 3.92. The van der Waals surface area contributed by atoms with E-state index in [2.05, 4.69) is 21.5 Å². The minimum atomic E-state index is -0.256. The normalized spacial score (nSPS) is 10.3. The SMILES string of the molecule is C#CCNC(=O)c1ccccc1NCc1cc(=O)n2cccc(C)c2n1. The van der Waals surface area contributed by atoms with Gasteiger partial charge in [0.2, 0.25) is 0 Å². The van der Waals surface area contributed by atoms with Crippen LogP contribution in [0.25, 0.3) is 5.65 Å². The molecule has 0 radical (unpaired) electrons. The Morgan fingerprint density at radius 3 is 2.88 bits per heavy atom. The average molecular weight is 346 g/mol. The van der Waals surface area contributed by atoms with Crippen LogP contribution < -0.4 is 16.2 Å². The number of anilines is 1. The van der Waals surface area contributed by atoms with Crippen molar-refractivity contribution in [3.63, 3.8) is 0 Å². The molecule has 0 fully saturated rings. The van der Waals surface area contributed by atoms with Crippen LogP contribution in [0.1, 0.15) is 21.6 Å². The highest BCUT2D eigenvalue weighted by molar-refractivity contribution is 5.99. The molecule has 0 aliphatic heterocycles. The topological polar surface area (TPSA) is 75.5 Å². The molecule has 0 saturated carbocycles. The Kier molecular flexibility index (Phi) is 4.99. The number of benzene rings is 1. The molecule has 1 aromatic carbocycles. The number of amides is 1. The molecule has 6 heteroatoms. The number of terminal acetylenes is 1. The standard InChI is InChI=1S/C20H18N4O2/c1-3-10-21-20(26)16-8-4-5-9-17(16)22-13-15-12-18(25)24-11-6-7-14(2)19(24)23-15/h1,4-9,11-12,22H,10,13H2,2H3,(H,21,26). The van der Waals surface area contributed by atoms with Crippen molar-refractivity contribution in [1.82, 2.24) is 14.7 Å². The number of nitrogens with one attached hydrogen (secondary N) is 2. The average Bonchev–Trinajstić information content (AvgIpc) is 2.65. The van der Waals surface area contributed by atoms with Crippen LogP contribution in [0.15, 0.2) is 53.5 Å². The summed E-state index contributed by atoms with van der Waals surface area (Å²) in [6, 6.07) is 12.3. The van der Waals surface area contributed by atoms with E-state index in [-0.39, 0.29) is 18.0 Å². The Morgan fingerprint density at radius 1 is 1.27 bits per heavy atom. The summed E-state index contributed by atoms with van der Waals surface area (Å²) in [5.74, 6) is 2.12. The summed E-state index contributed by atoms with van der Waals surface area (Å²) >= 11 is 0. The summed E-state index contributed by atoms with van der Waals surface area (Å²) in [5, 5.41) is 5.82. The van der Waals surface area contributed by atoms with Crippen LogP contribution in [0.5, 0.6) is 0 Å². The summed E-state index contributed by atoms with van der Waals surface area (Å²) in [7, 11) is 0. The Morgan fingerprint density at radius 2 is 2.08 bits per heavy atom. The Hall–Kier alpha value is -3.59. The fraction of sp³-hybridized carbons (Fsp3) is 0.150. The van der Waals surface area contributed by atoms with Gasteiger partial charge in [0.1, 0.15) is 5.65 Å². The lowest BCUT2D eigenvalue weighted by molar-refractivity contribution is 0.0959. The maximum absolute atomic E-state index is 12.3. The van der Waals surface area contributed by atoms with Gasteiger partial charge in [-0.05, 0) is 30.7 Å². The molecule has 0 spiro atoms. The number of carbonyl (C=O) groups excluding carboxylic acids is 1. The minimum Gasteiger partial charge on any atom is -0.379 e. The minimum absolute atomic E-state index is 0.143. The third-order valence-electron chi connectivity index (χ3n) is 3.92. The zero-order valence-corrected chi connectivity index (χ0v) is 14.3. The molecule has 6 nitrogen and oxygen atoms in total. The van der Waals surface area contributed by atoms with Crippen molar-refractivity contribution in [2.24, 2.45) is 0 Å². The van der Waals surface area contributed by atoms with Crippen molar-refractivity contribution in [2.75, 3.05) is 11.9 Å². The first-order valence-corrected chi connectivity index (χ1v) is 8.12. The zero-order chi connectivity index (χ0) is 18.5. The van der Waals surface area contributed by atoms with Crippen LogP contribution in [0.2, 0.25) is 0 Å². The van der Waals surface area contributed by atoms with Gasteiger partial charge in [0, 0.05) is 18.0 Å². The summed E-state index contributed by atoms with van der Waals surface area (Å²) in [4.78, 5) is 29.0. The number of fused-ring (bicyclic) bond motifs is 1. The van der Waals surface area contributed by atoms with Gasteiger partial charge in [0.05, 0.1) is 24.3 Å².